The maximum absolute atomic E-state index is 13.7. The van der Waals surface area contributed by atoms with E-state index >= 15 is 0 Å². The molecule has 0 aromatic heterocycles. The average Bonchev–Trinajstić information content (AvgIpc) is 2.49. The molecule has 0 saturated carbocycles. The third-order valence-electron chi connectivity index (χ3n) is 3.84. The number of aldehydes is 1. The van der Waals surface area contributed by atoms with Crippen molar-refractivity contribution in [3.63, 3.8) is 0 Å². The van der Waals surface area contributed by atoms with Crippen molar-refractivity contribution in [3.8, 4) is 11.1 Å². The van der Waals surface area contributed by atoms with Gasteiger partial charge in [0.2, 0.25) is 0 Å². The fraction of sp³-hybridized carbons (Fsp3) is 0.278. The van der Waals surface area contributed by atoms with Gasteiger partial charge in [0.25, 0.3) is 0 Å². The molecule has 21 heavy (non-hydrogen) atoms. The van der Waals surface area contributed by atoms with Gasteiger partial charge in [-0.25, -0.2) is 4.39 Å². The number of rotatable bonds is 4. The lowest BCUT2D eigenvalue weighted by atomic mass is 9.90. The van der Waals surface area contributed by atoms with Gasteiger partial charge < -0.3 is 4.74 Å². The standard InChI is InChI=1S/C18H19FO2/c1-12-5-6-14(10-17(12)19)13-7-8-15(11-20)16(9-13)18(2,3)21-4/h5-11H,1-4H3. The minimum atomic E-state index is -0.588. The molecule has 0 amide bonds. The maximum atomic E-state index is 13.7. The van der Waals surface area contributed by atoms with E-state index in [1.54, 1.807) is 26.2 Å². The largest absolute Gasteiger partial charge is 0.374 e. The van der Waals surface area contributed by atoms with Gasteiger partial charge in [0.1, 0.15) is 12.1 Å². The molecule has 2 rings (SSSR count). The molecule has 0 unspecified atom stereocenters. The number of ether oxygens (including phenoxy) is 1. The maximum Gasteiger partial charge on any atom is 0.150 e. The number of halogens is 1. The summed E-state index contributed by atoms with van der Waals surface area (Å²) in [5.41, 5.74) is 3.04. The number of carbonyl (C=O) groups excluding carboxylic acids is 1. The van der Waals surface area contributed by atoms with Crippen LogP contribution < -0.4 is 0 Å². The van der Waals surface area contributed by atoms with E-state index in [1.165, 1.54) is 6.07 Å². The molecule has 0 heterocycles. The minimum Gasteiger partial charge on any atom is -0.374 e. The minimum absolute atomic E-state index is 0.237. The van der Waals surface area contributed by atoms with E-state index < -0.39 is 5.60 Å². The van der Waals surface area contributed by atoms with Crippen molar-refractivity contribution in [1.82, 2.24) is 0 Å². The highest BCUT2D eigenvalue weighted by atomic mass is 19.1. The molecule has 0 saturated heterocycles. The van der Waals surface area contributed by atoms with Gasteiger partial charge in [0.05, 0.1) is 5.60 Å². The first-order valence-corrected chi connectivity index (χ1v) is 6.80. The lowest BCUT2D eigenvalue weighted by Crippen LogP contribution is -2.21. The molecule has 2 aromatic carbocycles. The molecule has 2 nitrogen and oxygen atoms in total. The zero-order valence-electron chi connectivity index (χ0n) is 12.7. The summed E-state index contributed by atoms with van der Waals surface area (Å²) in [5.74, 6) is -0.237. The van der Waals surface area contributed by atoms with Crippen LogP contribution in [0.4, 0.5) is 4.39 Å². The summed E-state index contributed by atoms with van der Waals surface area (Å²) >= 11 is 0. The Bertz CT molecular complexity index is 675. The molecule has 2 aromatic rings. The van der Waals surface area contributed by atoms with Crippen molar-refractivity contribution in [2.45, 2.75) is 26.4 Å². The van der Waals surface area contributed by atoms with Crippen LogP contribution in [-0.2, 0) is 10.3 Å². The Morgan fingerprint density at radius 1 is 1.10 bits per heavy atom. The summed E-state index contributed by atoms with van der Waals surface area (Å²) in [6.07, 6.45) is 0.815. The van der Waals surface area contributed by atoms with Crippen molar-refractivity contribution in [1.29, 1.82) is 0 Å². The van der Waals surface area contributed by atoms with E-state index in [9.17, 15) is 9.18 Å². The predicted octanol–water partition coefficient (Wildman–Crippen LogP) is 4.50. The SMILES string of the molecule is COC(C)(C)c1cc(-c2ccc(C)c(F)c2)ccc1C=O. The highest BCUT2D eigenvalue weighted by molar-refractivity contribution is 5.80. The Morgan fingerprint density at radius 2 is 1.71 bits per heavy atom. The van der Waals surface area contributed by atoms with Gasteiger partial charge in [-0.15, -0.1) is 0 Å². The number of hydrogen-bond donors (Lipinski definition) is 0. The summed E-state index contributed by atoms with van der Waals surface area (Å²) in [7, 11) is 1.60. The summed E-state index contributed by atoms with van der Waals surface area (Å²) in [5, 5.41) is 0. The van der Waals surface area contributed by atoms with Gasteiger partial charge in [-0.3, -0.25) is 4.79 Å². The quantitative estimate of drug-likeness (QED) is 0.774. The smallest absolute Gasteiger partial charge is 0.150 e. The van der Waals surface area contributed by atoms with Gasteiger partial charge in [-0.1, -0.05) is 24.3 Å². The van der Waals surface area contributed by atoms with E-state index in [-0.39, 0.29) is 5.82 Å². The van der Waals surface area contributed by atoms with Crippen LogP contribution in [0.2, 0.25) is 0 Å². The Kier molecular flexibility index (Phi) is 4.24. The van der Waals surface area contributed by atoms with Crippen molar-refractivity contribution in [2.75, 3.05) is 7.11 Å². The molecular weight excluding hydrogens is 267 g/mol. The molecule has 0 N–H and O–H groups in total. The topological polar surface area (TPSA) is 26.3 Å². The van der Waals surface area contributed by atoms with Crippen molar-refractivity contribution < 1.29 is 13.9 Å². The number of methoxy groups -OCH3 is 1. The summed E-state index contributed by atoms with van der Waals surface area (Å²) < 4.78 is 19.2. The Morgan fingerprint density at radius 3 is 2.29 bits per heavy atom. The van der Waals surface area contributed by atoms with E-state index in [4.69, 9.17) is 4.74 Å². The molecule has 0 radical (unpaired) electrons. The number of carbonyl (C=O) groups is 1. The number of hydrogen-bond acceptors (Lipinski definition) is 2. The second-order valence-electron chi connectivity index (χ2n) is 5.60. The molecule has 0 aliphatic carbocycles. The van der Waals surface area contributed by atoms with Crippen LogP contribution in [0.15, 0.2) is 36.4 Å². The molecule has 0 atom stereocenters. The number of aryl methyl sites for hydroxylation is 1. The van der Waals surface area contributed by atoms with E-state index in [1.807, 2.05) is 32.0 Å². The molecule has 0 spiro atoms. The fourth-order valence-corrected chi connectivity index (χ4v) is 2.24. The predicted molar refractivity (Wildman–Crippen MR) is 82.0 cm³/mol. The molecule has 0 aliphatic rings. The zero-order chi connectivity index (χ0) is 15.6. The summed E-state index contributed by atoms with van der Waals surface area (Å²) in [4.78, 5) is 11.2. The monoisotopic (exact) mass is 286 g/mol. The Hall–Kier alpha value is -2.00. The first kappa shape index (κ1) is 15.4. The molecular formula is C18H19FO2. The van der Waals surface area contributed by atoms with Gasteiger partial charge in [0, 0.05) is 12.7 Å². The van der Waals surface area contributed by atoms with Gasteiger partial charge in [0.15, 0.2) is 0 Å². The molecule has 0 aliphatic heterocycles. The van der Waals surface area contributed by atoms with E-state index in [2.05, 4.69) is 0 Å². The Labute approximate surface area is 124 Å². The van der Waals surface area contributed by atoms with Crippen LogP contribution in [0.5, 0.6) is 0 Å². The third kappa shape index (κ3) is 3.03. The van der Waals surface area contributed by atoms with Crippen LogP contribution in [0.25, 0.3) is 11.1 Å². The Balaban J connectivity index is 2.58. The fourth-order valence-electron chi connectivity index (χ4n) is 2.24. The molecule has 110 valence electrons. The zero-order valence-corrected chi connectivity index (χ0v) is 12.7. The van der Waals surface area contributed by atoms with Crippen LogP contribution in [-0.4, -0.2) is 13.4 Å². The second-order valence-corrected chi connectivity index (χ2v) is 5.60. The molecule has 0 bridgehead atoms. The van der Waals surface area contributed by atoms with Crippen LogP contribution in [0.1, 0.15) is 35.3 Å². The van der Waals surface area contributed by atoms with E-state index in [0.717, 1.165) is 23.0 Å². The van der Waals surface area contributed by atoms with Crippen LogP contribution >= 0.6 is 0 Å². The highest BCUT2D eigenvalue weighted by Gasteiger charge is 2.23. The van der Waals surface area contributed by atoms with Gasteiger partial charge >= 0.3 is 0 Å². The van der Waals surface area contributed by atoms with Crippen molar-refractivity contribution >= 4 is 6.29 Å². The van der Waals surface area contributed by atoms with E-state index in [0.29, 0.717) is 11.1 Å². The first-order chi connectivity index (χ1) is 9.89. The molecule has 0 fully saturated rings. The summed E-state index contributed by atoms with van der Waals surface area (Å²) in [6, 6.07) is 10.6. The van der Waals surface area contributed by atoms with Crippen LogP contribution in [0.3, 0.4) is 0 Å². The molecule has 3 heteroatoms. The lowest BCUT2D eigenvalue weighted by molar-refractivity contribution is 0.0187. The first-order valence-electron chi connectivity index (χ1n) is 6.80. The summed E-state index contributed by atoms with van der Waals surface area (Å²) in [6.45, 7) is 5.53. The average molecular weight is 286 g/mol. The van der Waals surface area contributed by atoms with Gasteiger partial charge in [-0.2, -0.15) is 0 Å². The lowest BCUT2D eigenvalue weighted by Gasteiger charge is -2.25. The number of benzene rings is 2. The van der Waals surface area contributed by atoms with Crippen molar-refractivity contribution in [2.24, 2.45) is 0 Å². The second kappa shape index (κ2) is 5.78. The highest BCUT2D eigenvalue weighted by Crippen LogP contribution is 2.31. The van der Waals surface area contributed by atoms with Crippen molar-refractivity contribution in [3.05, 3.63) is 58.9 Å². The normalized spacial score (nSPS) is 11.5. The van der Waals surface area contributed by atoms with Gasteiger partial charge in [-0.05, 0) is 55.2 Å². The van der Waals surface area contributed by atoms with Crippen LogP contribution in [0, 0.1) is 12.7 Å². The third-order valence-corrected chi connectivity index (χ3v) is 3.84.